The Hall–Kier alpha value is -3.76. The molecule has 1 aromatic heterocycles. The zero-order chi connectivity index (χ0) is 21.4. The topological polar surface area (TPSA) is 83.1 Å². The summed E-state index contributed by atoms with van der Waals surface area (Å²) in [6.07, 6.45) is 3.84. The molecule has 2 aromatic carbocycles. The highest BCUT2D eigenvalue weighted by atomic mass is 32.1. The second-order valence-corrected chi connectivity index (χ2v) is 8.09. The van der Waals surface area contributed by atoms with Crippen LogP contribution in [0.5, 0.6) is 0 Å². The summed E-state index contributed by atoms with van der Waals surface area (Å²) in [4.78, 5) is 17.5. The summed E-state index contributed by atoms with van der Waals surface area (Å²) in [5, 5.41) is 21.9. The third-order valence-corrected chi connectivity index (χ3v) is 6.04. The monoisotopic (exact) mass is 414 g/mol. The van der Waals surface area contributed by atoms with Gasteiger partial charge in [0, 0.05) is 23.0 Å². The maximum atomic E-state index is 11.3. The lowest BCUT2D eigenvalue weighted by molar-refractivity contribution is -0.385. The molecule has 0 saturated heterocycles. The smallest absolute Gasteiger partial charge is 0.274 e. The zero-order valence-electron chi connectivity index (χ0n) is 16.7. The summed E-state index contributed by atoms with van der Waals surface area (Å²) in [6, 6.07) is 15.3. The predicted molar refractivity (Wildman–Crippen MR) is 120 cm³/mol. The third-order valence-electron chi connectivity index (χ3n) is 4.99. The van der Waals surface area contributed by atoms with Crippen LogP contribution in [-0.4, -0.2) is 9.91 Å². The van der Waals surface area contributed by atoms with E-state index < -0.39 is 0 Å². The number of rotatable bonds is 3. The minimum Gasteiger partial charge on any atom is -0.318 e. The molecule has 0 N–H and O–H groups in total. The van der Waals surface area contributed by atoms with Gasteiger partial charge < -0.3 is 4.90 Å². The number of nitrogens with zero attached hydrogens (tertiary/aromatic N) is 4. The number of allylic oxidation sites excluding steroid dienone is 6. The first-order valence-electron chi connectivity index (χ1n) is 9.31. The molecule has 30 heavy (non-hydrogen) atoms. The van der Waals surface area contributed by atoms with Gasteiger partial charge in [-0.15, -0.1) is 11.3 Å². The lowest BCUT2D eigenvalue weighted by Crippen LogP contribution is -2.21. The van der Waals surface area contributed by atoms with Gasteiger partial charge in [0.25, 0.3) is 5.69 Å². The van der Waals surface area contributed by atoms with Gasteiger partial charge in [-0.25, -0.2) is 4.98 Å². The van der Waals surface area contributed by atoms with Crippen molar-refractivity contribution < 1.29 is 4.92 Å². The fourth-order valence-corrected chi connectivity index (χ4v) is 4.58. The van der Waals surface area contributed by atoms with E-state index in [1.165, 1.54) is 11.3 Å². The summed E-state index contributed by atoms with van der Waals surface area (Å²) in [7, 11) is 0. The molecular formula is C23H18N4O2S. The SMILES string of the molecule is CC1=CC(=C(C#N)c2nc3ccccc3s2)C=C(C)N1c1ccc(C)c([N+](=O)[O-])c1. The molecule has 0 amide bonds. The number of fused-ring (bicyclic) bond motifs is 1. The van der Waals surface area contributed by atoms with Crippen molar-refractivity contribution in [2.75, 3.05) is 4.90 Å². The van der Waals surface area contributed by atoms with E-state index in [2.05, 4.69) is 11.1 Å². The van der Waals surface area contributed by atoms with Crippen molar-refractivity contribution in [3.8, 4) is 6.07 Å². The molecule has 1 aliphatic rings. The standard InChI is InChI=1S/C23H18N4O2S/c1-14-8-9-18(12-21(14)27(28)29)26-15(2)10-17(11-16(26)3)19(13-24)23-25-20-6-4-5-7-22(20)30-23/h4-12H,1-3H3. The molecule has 148 valence electrons. The number of para-hydroxylation sites is 1. The Labute approximate surface area is 177 Å². The van der Waals surface area contributed by atoms with Crippen molar-refractivity contribution in [3.63, 3.8) is 0 Å². The fraction of sp³-hybridized carbons (Fsp3) is 0.130. The number of nitriles is 1. The minimum atomic E-state index is -0.368. The fourth-order valence-electron chi connectivity index (χ4n) is 3.60. The molecule has 1 aliphatic heterocycles. The van der Waals surface area contributed by atoms with Crippen molar-refractivity contribution in [2.24, 2.45) is 0 Å². The second kappa shape index (κ2) is 7.58. The average Bonchev–Trinajstić information content (AvgIpc) is 3.12. The highest BCUT2D eigenvalue weighted by Gasteiger charge is 2.22. The Morgan fingerprint density at radius 2 is 1.83 bits per heavy atom. The van der Waals surface area contributed by atoms with Gasteiger partial charge in [0.05, 0.1) is 26.4 Å². The Bertz CT molecular complexity index is 1270. The molecular weight excluding hydrogens is 396 g/mol. The quantitative estimate of drug-likeness (QED) is 0.293. The first kappa shape index (κ1) is 19.6. The molecule has 2 heterocycles. The van der Waals surface area contributed by atoms with Gasteiger partial charge in [0.2, 0.25) is 0 Å². The van der Waals surface area contributed by atoms with Crippen molar-refractivity contribution in [3.05, 3.63) is 92.3 Å². The van der Waals surface area contributed by atoms with Crippen LogP contribution in [0.3, 0.4) is 0 Å². The first-order valence-corrected chi connectivity index (χ1v) is 10.1. The minimum absolute atomic E-state index is 0.0848. The van der Waals surface area contributed by atoms with Gasteiger partial charge >= 0.3 is 0 Å². The van der Waals surface area contributed by atoms with E-state index >= 15 is 0 Å². The molecule has 0 spiro atoms. The number of anilines is 1. The molecule has 0 fully saturated rings. The second-order valence-electron chi connectivity index (χ2n) is 7.06. The third kappa shape index (κ3) is 3.38. The van der Waals surface area contributed by atoms with Crippen LogP contribution in [0, 0.1) is 28.4 Å². The Balaban J connectivity index is 1.79. The Morgan fingerprint density at radius 1 is 1.13 bits per heavy atom. The van der Waals surface area contributed by atoms with Crippen molar-refractivity contribution in [1.82, 2.24) is 4.98 Å². The number of thiazole rings is 1. The van der Waals surface area contributed by atoms with Crippen molar-refractivity contribution in [2.45, 2.75) is 20.8 Å². The lowest BCUT2D eigenvalue weighted by Gasteiger charge is -2.30. The predicted octanol–water partition coefficient (Wildman–Crippen LogP) is 6.12. The number of nitro groups is 1. The van der Waals surface area contributed by atoms with Crippen LogP contribution in [0.1, 0.15) is 24.4 Å². The van der Waals surface area contributed by atoms with Gasteiger partial charge in [-0.05, 0) is 56.7 Å². The lowest BCUT2D eigenvalue weighted by atomic mass is 10.0. The van der Waals surface area contributed by atoms with E-state index in [1.807, 2.05) is 61.2 Å². The van der Waals surface area contributed by atoms with Gasteiger partial charge in [-0.2, -0.15) is 5.26 Å². The molecule has 7 heteroatoms. The maximum absolute atomic E-state index is 11.3. The molecule has 0 unspecified atom stereocenters. The van der Waals surface area contributed by atoms with Crippen LogP contribution in [0.15, 0.2) is 71.6 Å². The first-order chi connectivity index (χ1) is 14.4. The van der Waals surface area contributed by atoms with Gasteiger partial charge in [-0.3, -0.25) is 10.1 Å². The number of nitro benzene ring substituents is 1. The highest BCUT2D eigenvalue weighted by molar-refractivity contribution is 7.19. The Morgan fingerprint density at radius 3 is 2.47 bits per heavy atom. The van der Waals surface area contributed by atoms with Gasteiger partial charge in [0.1, 0.15) is 11.1 Å². The molecule has 0 aliphatic carbocycles. The van der Waals surface area contributed by atoms with Crippen molar-refractivity contribution >= 4 is 38.5 Å². The normalized spacial score (nSPS) is 13.7. The van der Waals surface area contributed by atoms with Crippen molar-refractivity contribution in [1.29, 1.82) is 5.26 Å². The summed E-state index contributed by atoms with van der Waals surface area (Å²) >= 11 is 1.49. The maximum Gasteiger partial charge on any atom is 0.274 e. The van der Waals surface area contributed by atoms with Crippen LogP contribution in [-0.2, 0) is 0 Å². The molecule has 0 atom stereocenters. The molecule has 4 rings (SSSR count). The summed E-state index contributed by atoms with van der Waals surface area (Å²) in [5.41, 5.74) is 5.33. The summed E-state index contributed by atoms with van der Waals surface area (Å²) in [6.45, 7) is 5.58. The zero-order valence-corrected chi connectivity index (χ0v) is 17.5. The van der Waals surface area contributed by atoms with E-state index in [9.17, 15) is 15.4 Å². The number of aryl methyl sites for hydroxylation is 1. The van der Waals surface area contributed by atoms with Crippen LogP contribution >= 0.6 is 11.3 Å². The molecule has 3 aromatic rings. The van der Waals surface area contributed by atoms with E-state index in [4.69, 9.17) is 0 Å². The number of benzene rings is 2. The van der Waals surface area contributed by atoms with Gasteiger partial charge in [-0.1, -0.05) is 18.2 Å². The van der Waals surface area contributed by atoms with E-state index in [-0.39, 0.29) is 10.6 Å². The number of hydrogen-bond acceptors (Lipinski definition) is 6. The molecule has 6 nitrogen and oxygen atoms in total. The van der Waals surface area contributed by atoms with Gasteiger partial charge in [0.15, 0.2) is 0 Å². The highest BCUT2D eigenvalue weighted by Crippen LogP contribution is 2.36. The number of hydrogen-bond donors (Lipinski definition) is 0. The average molecular weight is 414 g/mol. The molecule has 0 bridgehead atoms. The summed E-state index contributed by atoms with van der Waals surface area (Å²) < 4.78 is 1.03. The van der Waals surface area contributed by atoms with E-state index in [0.29, 0.717) is 21.8 Å². The molecule has 0 saturated carbocycles. The number of aromatic nitrogens is 1. The van der Waals surface area contributed by atoms with Crippen LogP contribution in [0.4, 0.5) is 11.4 Å². The summed E-state index contributed by atoms with van der Waals surface area (Å²) in [5.74, 6) is 0. The van der Waals surface area contributed by atoms with Crippen LogP contribution in [0.25, 0.3) is 15.8 Å². The van der Waals surface area contributed by atoms with E-state index in [0.717, 1.165) is 27.2 Å². The largest absolute Gasteiger partial charge is 0.318 e. The van der Waals surface area contributed by atoms with Crippen LogP contribution in [0.2, 0.25) is 0 Å². The molecule has 0 radical (unpaired) electrons. The Kier molecular flexibility index (Phi) is 4.94. The van der Waals surface area contributed by atoms with E-state index in [1.54, 1.807) is 19.1 Å². The van der Waals surface area contributed by atoms with Crippen LogP contribution < -0.4 is 4.90 Å².